The molecule has 134 valence electrons. The van der Waals surface area contributed by atoms with Gasteiger partial charge in [-0.3, -0.25) is 0 Å². The first-order chi connectivity index (χ1) is 12.4. The van der Waals surface area contributed by atoms with Crippen LogP contribution in [0.3, 0.4) is 0 Å². The van der Waals surface area contributed by atoms with Crippen molar-refractivity contribution in [1.82, 2.24) is 0 Å². The van der Waals surface area contributed by atoms with Gasteiger partial charge in [0.15, 0.2) is 0 Å². The average Bonchev–Trinajstić information content (AvgIpc) is 2.89. The number of carbonyl (C=O) groups is 2. The minimum absolute atomic E-state index is 0.242. The van der Waals surface area contributed by atoms with Crippen LogP contribution in [0.4, 0.5) is 0 Å². The van der Waals surface area contributed by atoms with E-state index in [1.165, 1.54) is 0 Å². The first-order valence-electron chi connectivity index (χ1n) is 8.38. The summed E-state index contributed by atoms with van der Waals surface area (Å²) in [6.07, 6.45) is -0.242. The second kappa shape index (κ2) is 7.04. The highest BCUT2D eigenvalue weighted by Crippen LogP contribution is 2.30. The van der Waals surface area contributed by atoms with Crippen LogP contribution in [0, 0.1) is 13.8 Å². The molecule has 0 saturated heterocycles. The van der Waals surface area contributed by atoms with Crippen LogP contribution in [0.15, 0.2) is 46.9 Å². The summed E-state index contributed by atoms with van der Waals surface area (Å²) < 4.78 is 16.4. The van der Waals surface area contributed by atoms with Gasteiger partial charge in [-0.05, 0) is 57.5 Å². The lowest BCUT2D eigenvalue weighted by Gasteiger charge is -2.08. The van der Waals surface area contributed by atoms with Gasteiger partial charge in [0.2, 0.25) is 0 Å². The molecule has 0 atom stereocenters. The molecule has 1 heterocycles. The van der Waals surface area contributed by atoms with Gasteiger partial charge in [0.25, 0.3) is 0 Å². The van der Waals surface area contributed by atoms with E-state index in [0.717, 1.165) is 5.56 Å². The van der Waals surface area contributed by atoms with Gasteiger partial charge in [-0.25, -0.2) is 9.59 Å². The highest BCUT2D eigenvalue weighted by atomic mass is 16.5. The molecule has 3 aromatic rings. The summed E-state index contributed by atoms with van der Waals surface area (Å²) in [5.41, 5.74) is 2.21. The van der Waals surface area contributed by atoms with E-state index in [1.54, 1.807) is 51.1 Å². The zero-order chi connectivity index (χ0) is 18.8. The third-order valence-corrected chi connectivity index (χ3v) is 3.96. The Morgan fingerprint density at radius 1 is 1.00 bits per heavy atom. The molecule has 0 aliphatic heterocycles. The quantitative estimate of drug-likeness (QED) is 0.497. The summed E-state index contributed by atoms with van der Waals surface area (Å²) >= 11 is 0. The third-order valence-electron chi connectivity index (χ3n) is 3.96. The Balaban J connectivity index is 1.95. The predicted molar refractivity (Wildman–Crippen MR) is 97.6 cm³/mol. The van der Waals surface area contributed by atoms with Crippen LogP contribution in [0.1, 0.15) is 45.9 Å². The van der Waals surface area contributed by atoms with Crippen LogP contribution >= 0.6 is 0 Å². The van der Waals surface area contributed by atoms with Gasteiger partial charge in [-0.1, -0.05) is 18.2 Å². The lowest BCUT2D eigenvalue weighted by Crippen LogP contribution is -2.12. The largest absolute Gasteiger partial charge is 0.460 e. The normalized spacial score (nSPS) is 11.0. The number of rotatable bonds is 4. The zero-order valence-corrected chi connectivity index (χ0v) is 15.2. The monoisotopic (exact) mass is 352 g/mol. The summed E-state index contributed by atoms with van der Waals surface area (Å²) in [4.78, 5) is 24.8. The van der Waals surface area contributed by atoms with Crippen molar-refractivity contribution in [2.75, 3.05) is 0 Å². The molecule has 0 radical (unpaired) electrons. The van der Waals surface area contributed by atoms with Crippen molar-refractivity contribution in [3.8, 4) is 5.75 Å². The Kier molecular flexibility index (Phi) is 4.80. The molecular formula is C21H20O5. The van der Waals surface area contributed by atoms with E-state index in [9.17, 15) is 9.59 Å². The Labute approximate surface area is 151 Å². The highest BCUT2D eigenvalue weighted by Gasteiger charge is 2.21. The Morgan fingerprint density at radius 3 is 2.42 bits per heavy atom. The number of aryl methyl sites for hydroxylation is 2. The minimum atomic E-state index is -0.460. The van der Waals surface area contributed by atoms with Crippen molar-refractivity contribution in [1.29, 1.82) is 0 Å². The molecule has 1 aromatic heterocycles. The maximum absolute atomic E-state index is 12.4. The average molecular weight is 352 g/mol. The van der Waals surface area contributed by atoms with Gasteiger partial charge in [0.1, 0.15) is 22.7 Å². The Morgan fingerprint density at radius 2 is 1.73 bits per heavy atom. The number of benzene rings is 2. The van der Waals surface area contributed by atoms with Crippen molar-refractivity contribution in [3.05, 3.63) is 64.9 Å². The number of carbonyl (C=O) groups excluding carboxylic acids is 2. The number of hydrogen-bond donors (Lipinski definition) is 0. The molecule has 26 heavy (non-hydrogen) atoms. The van der Waals surface area contributed by atoms with Crippen LogP contribution in [0.2, 0.25) is 0 Å². The maximum atomic E-state index is 12.4. The smallest absolute Gasteiger partial charge is 0.343 e. The predicted octanol–water partition coefficient (Wildman–Crippen LogP) is 4.83. The van der Waals surface area contributed by atoms with E-state index in [1.807, 2.05) is 19.1 Å². The van der Waals surface area contributed by atoms with Gasteiger partial charge in [-0.2, -0.15) is 0 Å². The van der Waals surface area contributed by atoms with Crippen molar-refractivity contribution < 1.29 is 23.5 Å². The van der Waals surface area contributed by atoms with Gasteiger partial charge in [0, 0.05) is 5.39 Å². The van der Waals surface area contributed by atoms with E-state index in [-0.39, 0.29) is 6.10 Å². The fourth-order valence-electron chi connectivity index (χ4n) is 2.75. The van der Waals surface area contributed by atoms with E-state index < -0.39 is 11.9 Å². The highest BCUT2D eigenvalue weighted by molar-refractivity contribution is 6.05. The molecule has 5 nitrogen and oxygen atoms in total. The van der Waals surface area contributed by atoms with Crippen LogP contribution < -0.4 is 4.74 Å². The molecule has 0 unspecified atom stereocenters. The van der Waals surface area contributed by atoms with Crippen LogP contribution in [-0.4, -0.2) is 18.0 Å². The summed E-state index contributed by atoms with van der Waals surface area (Å²) in [5.74, 6) is -0.106. The third kappa shape index (κ3) is 3.47. The molecule has 0 aliphatic carbocycles. The number of fused-ring (bicyclic) bond motifs is 1. The van der Waals surface area contributed by atoms with E-state index in [0.29, 0.717) is 33.6 Å². The molecule has 2 aromatic carbocycles. The van der Waals surface area contributed by atoms with Crippen LogP contribution in [-0.2, 0) is 4.74 Å². The summed E-state index contributed by atoms with van der Waals surface area (Å²) in [6.45, 7) is 7.12. The fourth-order valence-corrected chi connectivity index (χ4v) is 2.75. The van der Waals surface area contributed by atoms with Crippen molar-refractivity contribution in [2.45, 2.75) is 33.8 Å². The Hall–Kier alpha value is -3.08. The maximum Gasteiger partial charge on any atom is 0.343 e. The van der Waals surface area contributed by atoms with Gasteiger partial charge >= 0.3 is 11.9 Å². The molecule has 0 saturated carbocycles. The first kappa shape index (κ1) is 17.7. The fraction of sp³-hybridized carbons (Fsp3) is 0.238. The summed E-state index contributed by atoms with van der Waals surface area (Å²) in [7, 11) is 0. The molecule has 0 fully saturated rings. The SMILES string of the molecule is Cc1ccccc1C(=O)Oc1ccc2oc(C)c(C(=O)OC(C)C)c2c1. The molecule has 0 amide bonds. The minimum Gasteiger partial charge on any atom is -0.460 e. The van der Waals surface area contributed by atoms with Gasteiger partial charge < -0.3 is 13.9 Å². The van der Waals surface area contributed by atoms with Crippen LogP contribution in [0.5, 0.6) is 5.75 Å². The van der Waals surface area contributed by atoms with E-state index in [2.05, 4.69) is 0 Å². The van der Waals surface area contributed by atoms with Crippen LogP contribution in [0.25, 0.3) is 11.0 Å². The lowest BCUT2D eigenvalue weighted by molar-refractivity contribution is 0.0378. The molecule has 5 heteroatoms. The molecule has 0 spiro atoms. The summed E-state index contributed by atoms with van der Waals surface area (Å²) in [5, 5.41) is 0.559. The molecular weight excluding hydrogens is 332 g/mol. The lowest BCUT2D eigenvalue weighted by atomic mass is 10.1. The van der Waals surface area contributed by atoms with Crippen molar-refractivity contribution >= 4 is 22.9 Å². The second-order valence-electron chi connectivity index (χ2n) is 6.35. The van der Waals surface area contributed by atoms with Crippen molar-refractivity contribution in [3.63, 3.8) is 0 Å². The second-order valence-corrected chi connectivity index (χ2v) is 6.35. The number of furan rings is 1. The Bertz CT molecular complexity index is 981. The number of esters is 2. The zero-order valence-electron chi connectivity index (χ0n) is 15.2. The van der Waals surface area contributed by atoms with E-state index >= 15 is 0 Å². The number of hydrogen-bond acceptors (Lipinski definition) is 5. The molecule has 0 aliphatic rings. The number of ether oxygens (including phenoxy) is 2. The molecule has 3 rings (SSSR count). The van der Waals surface area contributed by atoms with Gasteiger partial charge in [0.05, 0.1) is 11.7 Å². The standard InChI is InChI=1S/C21H20O5/c1-12(2)24-21(23)19-14(4)25-18-10-9-15(11-17(18)19)26-20(22)16-8-6-5-7-13(16)3/h5-12H,1-4H3. The topological polar surface area (TPSA) is 65.7 Å². The van der Waals surface area contributed by atoms with Gasteiger partial charge in [-0.15, -0.1) is 0 Å². The van der Waals surface area contributed by atoms with Crippen molar-refractivity contribution in [2.24, 2.45) is 0 Å². The molecule has 0 N–H and O–H groups in total. The summed E-state index contributed by atoms with van der Waals surface area (Å²) in [6, 6.07) is 12.1. The molecule has 0 bridgehead atoms. The first-order valence-corrected chi connectivity index (χ1v) is 8.38. The van der Waals surface area contributed by atoms with E-state index in [4.69, 9.17) is 13.9 Å².